The highest BCUT2D eigenvalue weighted by molar-refractivity contribution is 6.34. The molecule has 31 heavy (non-hydrogen) atoms. The number of nitrogens with zero attached hydrogens (tertiary/aromatic N) is 1. The van der Waals surface area contributed by atoms with E-state index in [9.17, 15) is 19.2 Å². The van der Waals surface area contributed by atoms with Crippen molar-refractivity contribution in [1.82, 2.24) is 0 Å². The number of esters is 1. The number of benzene rings is 3. The standard InChI is InChI=1S/C25H19NO5/c1-15-8-11-19(12-9-15)26-23(28)20-13-10-18(14-21(20)24(26)29)25(30)31-16(2)22(27)17-6-4-3-5-7-17/h3-14,16H,1-2H3/t16-/m0/s1. The summed E-state index contributed by atoms with van der Waals surface area (Å²) in [5.74, 6) is -2.02. The lowest BCUT2D eigenvalue weighted by atomic mass is 10.1. The predicted octanol–water partition coefficient (Wildman–Crippen LogP) is 4.22. The number of amides is 2. The van der Waals surface area contributed by atoms with Crippen LogP contribution in [0.5, 0.6) is 0 Å². The van der Waals surface area contributed by atoms with Crippen LogP contribution in [0.1, 0.15) is 53.9 Å². The number of hydrogen-bond donors (Lipinski definition) is 0. The monoisotopic (exact) mass is 413 g/mol. The summed E-state index contributed by atoms with van der Waals surface area (Å²) in [6.45, 7) is 3.40. The Labute approximate surface area is 179 Å². The fraction of sp³-hybridized carbons (Fsp3) is 0.120. The van der Waals surface area contributed by atoms with Crippen LogP contribution in [-0.4, -0.2) is 29.7 Å². The highest BCUT2D eigenvalue weighted by Gasteiger charge is 2.37. The van der Waals surface area contributed by atoms with E-state index in [1.54, 1.807) is 42.5 Å². The van der Waals surface area contributed by atoms with Crippen molar-refractivity contribution in [3.8, 4) is 0 Å². The molecule has 2 amide bonds. The molecule has 3 aromatic rings. The van der Waals surface area contributed by atoms with Crippen LogP contribution in [0.25, 0.3) is 0 Å². The molecule has 0 spiro atoms. The molecule has 6 heteroatoms. The summed E-state index contributed by atoms with van der Waals surface area (Å²) < 4.78 is 5.30. The summed E-state index contributed by atoms with van der Waals surface area (Å²) in [5.41, 5.74) is 2.34. The number of ketones is 1. The fourth-order valence-corrected chi connectivity index (χ4v) is 3.42. The van der Waals surface area contributed by atoms with Crippen molar-refractivity contribution in [1.29, 1.82) is 0 Å². The molecule has 0 aromatic heterocycles. The Balaban J connectivity index is 1.55. The minimum atomic E-state index is -0.996. The van der Waals surface area contributed by atoms with Gasteiger partial charge in [-0.15, -0.1) is 0 Å². The van der Waals surface area contributed by atoms with E-state index in [-0.39, 0.29) is 22.5 Å². The van der Waals surface area contributed by atoms with Crippen LogP contribution in [0.3, 0.4) is 0 Å². The van der Waals surface area contributed by atoms with Crippen LogP contribution in [0.4, 0.5) is 5.69 Å². The molecule has 1 aliphatic rings. The Bertz CT molecular complexity index is 1200. The van der Waals surface area contributed by atoms with Gasteiger partial charge < -0.3 is 4.74 Å². The summed E-state index contributed by atoms with van der Waals surface area (Å²) >= 11 is 0. The molecule has 0 saturated heterocycles. The number of ether oxygens (including phenoxy) is 1. The summed E-state index contributed by atoms with van der Waals surface area (Å²) in [7, 11) is 0. The van der Waals surface area contributed by atoms with E-state index < -0.39 is 23.9 Å². The van der Waals surface area contributed by atoms with Crippen molar-refractivity contribution in [2.75, 3.05) is 4.90 Å². The van der Waals surface area contributed by atoms with Crippen molar-refractivity contribution in [3.05, 3.63) is 101 Å². The van der Waals surface area contributed by atoms with Crippen LogP contribution in [-0.2, 0) is 4.74 Å². The lowest BCUT2D eigenvalue weighted by molar-refractivity contribution is 0.0318. The molecule has 0 unspecified atom stereocenters. The number of rotatable bonds is 5. The number of imide groups is 1. The van der Waals surface area contributed by atoms with Gasteiger partial charge in [0, 0.05) is 5.56 Å². The van der Waals surface area contributed by atoms with E-state index in [1.165, 1.54) is 25.1 Å². The third-order valence-electron chi connectivity index (χ3n) is 5.13. The van der Waals surface area contributed by atoms with E-state index in [0.717, 1.165) is 10.5 Å². The van der Waals surface area contributed by atoms with E-state index in [0.29, 0.717) is 11.3 Å². The summed E-state index contributed by atoms with van der Waals surface area (Å²) in [6, 6.07) is 19.7. The van der Waals surface area contributed by atoms with Gasteiger partial charge >= 0.3 is 5.97 Å². The van der Waals surface area contributed by atoms with Gasteiger partial charge in [0.1, 0.15) is 0 Å². The number of anilines is 1. The van der Waals surface area contributed by atoms with Gasteiger partial charge in [0.05, 0.1) is 22.4 Å². The first-order valence-corrected chi connectivity index (χ1v) is 9.76. The molecule has 0 fully saturated rings. The smallest absolute Gasteiger partial charge is 0.338 e. The summed E-state index contributed by atoms with van der Waals surface area (Å²) in [5, 5.41) is 0. The number of aryl methyl sites for hydroxylation is 1. The molecule has 0 aliphatic carbocycles. The Kier molecular flexibility index (Phi) is 5.21. The molecule has 6 nitrogen and oxygen atoms in total. The lowest BCUT2D eigenvalue weighted by Crippen LogP contribution is -2.29. The molecule has 154 valence electrons. The number of carbonyl (C=O) groups is 4. The van der Waals surface area contributed by atoms with Gasteiger partial charge in [-0.2, -0.15) is 0 Å². The van der Waals surface area contributed by atoms with Crippen LogP contribution in [0.15, 0.2) is 72.8 Å². The minimum absolute atomic E-state index is 0.0957. The molecule has 1 aliphatic heterocycles. The third kappa shape index (κ3) is 3.75. The van der Waals surface area contributed by atoms with E-state index in [2.05, 4.69) is 0 Å². The second-order valence-corrected chi connectivity index (χ2v) is 7.32. The van der Waals surface area contributed by atoms with Gasteiger partial charge in [-0.05, 0) is 44.2 Å². The van der Waals surface area contributed by atoms with Gasteiger partial charge in [-0.25, -0.2) is 9.69 Å². The molecule has 4 rings (SSSR count). The van der Waals surface area contributed by atoms with Crippen LogP contribution < -0.4 is 4.90 Å². The van der Waals surface area contributed by atoms with Gasteiger partial charge in [0.2, 0.25) is 5.78 Å². The molecule has 1 atom stereocenters. The average molecular weight is 413 g/mol. The van der Waals surface area contributed by atoms with Gasteiger partial charge in [0.25, 0.3) is 11.8 Å². The zero-order chi connectivity index (χ0) is 22.1. The maximum atomic E-state index is 12.9. The maximum Gasteiger partial charge on any atom is 0.338 e. The van der Waals surface area contributed by atoms with Gasteiger partial charge in [-0.1, -0.05) is 48.0 Å². The Morgan fingerprint density at radius 1 is 0.806 bits per heavy atom. The van der Waals surface area contributed by atoms with Crippen molar-refractivity contribution < 1.29 is 23.9 Å². The lowest BCUT2D eigenvalue weighted by Gasteiger charge is -2.13. The van der Waals surface area contributed by atoms with Crippen molar-refractivity contribution in [3.63, 3.8) is 0 Å². The van der Waals surface area contributed by atoms with Crippen molar-refractivity contribution in [2.24, 2.45) is 0 Å². The number of fused-ring (bicyclic) bond motifs is 1. The number of carbonyl (C=O) groups excluding carboxylic acids is 4. The van der Waals surface area contributed by atoms with Gasteiger partial charge in [0.15, 0.2) is 6.10 Å². The number of hydrogen-bond acceptors (Lipinski definition) is 5. The SMILES string of the molecule is Cc1ccc(N2C(=O)c3ccc(C(=O)O[C@@H](C)C(=O)c4ccccc4)cc3C2=O)cc1. The van der Waals surface area contributed by atoms with Crippen LogP contribution in [0, 0.1) is 6.92 Å². The molecule has 0 radical (unpaired) electrons. The van der Waals surface area contributed by atoms with Crippen LogP contribution >= 0.6 is 0 Å². The first-order chi connectivity index (χ1) is 14.9. The maximum absolute atomic E-state index is 12.9. The molecular weight excluding hydrogens is 394 g/mol. The summed E-state index contributed by atoms with van der Waals surface area (Å²) in [6.07, 6.45) is -0.996. The topological polar surface area (TPSA) is 80.8 Å². The Morgan fingerprint density at radius 3 is 2.13 bits per heavy atom. The second kappa shape index (κ2) is 7.99. The molecule has 0 saturated carbocycles. The Hall–Kier alpha value is -4.06. The average Bonchev–Trinajstić information content (AvgIpc) is 3.04. The second-order valence-electron chi connectivity index (χ2n) is 7.32. The Morgan fingerprint density at radius 2 is 1.45 bits per heavy atom. The quantitative estimate of drug-likeness (QED) is 0.355. The normalized spacial score (nSPS) is 13.7. The third-order valence-corrected chi connectivity index (χ3v) is 5.13. The largest absolute Gasteiger partial charge is 0.451 e. The zero-order valence-electron chi connectivity index (χ0n) is 17.0. The van der Waals surface area contributed by atoms with E-state index >= 15 is 0 Å². The fourth-order valence-electron chi connectivity index (χ4n) is 3.42. The molecule has 0 N–H and O–H groups in total. The summed E-state index contributed by atoms with van der Waals surface area (Å²) in [4.78, 5) is 51.7. The van der Waals surface area contributed by atoms with Gasteiger partial charge in [-0.3, -0.25) is 14.4 Å². The first-order valence-electron chi connectivity index (χ1n) is 9.76. The number of Topliss-reactive ketones (excluding diaryl/α,β-unsaturated/α-hetero) is 1. The first kappa shape index (κ1) is 20.2. The molecule has 0 bridgehead atoms. The van der Waals surface area contributed by atoms with Crippen molar-refractivity contribution >= 4 is 29.3 Å². The highest BCUT2D eigenvalue weighted by atomic mass is 16.5. The van der Waals surface area contributed by atoms with Crippen LogP contribution in [0.2, 0.25) is 0 Å². The zero-order valence-corrected chi connectivity index (χ0v) is 17.0. The minimum Gasteiger partial charge on any atom is -0.451 e. The highest BCUT2D eigenvalue weighted by Crippen LogP contribution is 2.29. The van der Waals surface area contributed by atoms with Crippen molar-refractivity contribution in [2.45, 2.75) is 20.0 Å². The van der Waals surface area contributed by atoms with E-state index in [1.807, 2.05) is 19.1 Å². The predicted molar refractivity (Wildman–Crippen MR) is 114 cm³/mol. The molecular formula is C25H19NO5. The molecule has 1 heterocycles. The van der Waals surface area contributed by atoms with E-state index in [4.69, 9.17) is 4.74 Å². The molecule has 3 aromatic carbocycles.